The van der Waals surface area contributed by atoms with Gasteiger partial charge in [-0.2, -0.15) is 5.10 Å². The molecule has 0 amide bonds. The van der Waals surface area contributed by atoms with Gasteiger partial charge in [-0.1, -0.05) is 12.1 Å². The third kappa shape index (κ3) is 3.43. The topological polar surface area (TPSA) is 68.1 Å². The van der Waals surface area contributed by atoms with Crippen LogP contribution in [-0.2, 0) is 11.3 Å². The highest BCUT2D eigenvalue weighted by Gasteiger charge is 2.24. The van der Waals surface area contributed by atoms with Crippen LogP contribution < -0.4 is 10.6 Å². The van der Waals surface area contributed by atoms with Crippen LogP contribution in [0.3, 0.4) is 0 Å². The lowest BCUT2D eigenvalue weighted by Crippen LogP contribution is -2.21. The molecule has 1 aromatic carbocycles. The molecule has 0 saturated carbocycles. The van der Waals surface area contributed by atoms with Gasteiger partial charge in [0.15, 0.2) is 0 Å². The highest BCUT2D eigenvalue weighted by atomic mass is 16.5. The van der Waals surface area contributed by atoms with Crippen molar-refractivity contribution in [2.24, 2.45) is 15.8 Å². The molecule has 2 aromatic rings. The molecule has 6 nitrogen and oxygen atoms in total. The van der Waals surface area contributed by atoms with Gasteiger partial charge in [0.05, 0.1) is 29.4 Å². The number of methoxy groups -OCH3 is 1. The smallest absolute Gasteiger partial charge is 0.0925 e. The average Bonchev–Trinajstić information content (AvgIpc) is 3.29. The predicted molar refractivity (Wildman–Crippen MR) is 108 cm³/mol. The summed E-state index contributed by atoms with van der Waals surface area (Å²) in [6.45, 7) is 8.19. The second-order valence-electron chi connectivity index (χ2n) is 6.58. The molecule has 0 radical (unpaired) electrons. The van der Waals surface area contributed by atoms with Gasteiger partial charge in [-0.3, -0.25) is 4.99 Å². The van der Waals surface area contributed by atoms with Crippen molar-refractivity contribution >= 4 is 18.1 Å². The Morgan fingerprint density at radius 1 is 1.38 bits per heavy atom. The number of benzene rings is 1. The molecule has 138 valence electrons. The van der Waals surface area contributed by atoms with Crippen LogP contribution in [-0.4, -0.2) is 50.5 Å². The molecule has 0 spiro atoms. The molecule has 2 N–H and O–H groups in total. The maximum absolute atomic E-state index is 5.79. The lowest BCUT2D eigenvalue weighted by Gasteiger charge is -2.15. The predicted octanol–water partition coefficient (Wildman–Crippen LogP) is 2.41. The van der Waals surface area contributed by atoms with Crippen molar-refractivity contribution in [2.45, 2.75) is 26.0 Å². The van der Waals surface area contributed by atoms with E-state index < -0.39 is 0 Å². The molecule has 1 unspecified atom stereocenters. The first-order chi connectivity index (χ1) is 12.6. The number of aromatic nitrogens is 1. The number of aryl methyl sites for hydroxylation is 1. The van der Waals surface area contributed by atoms with Crippen molar-refractivity contribution in [3.63, 3.8) is 0 Å². The lowest BCUT2D eigenvalue weighted by atomic mass is 10.0. The zero-order chi connectivity index (χ0) is 18.7. The Bertz CT molecular complexity index is 824. The van der Waals surface area contributed by atoms with E-state index in [-0.39, 0.29) is 6.10 Å². The highest BCUT2D eigenvalue weighted by Crippen LogP contribution is 2.26. The minimum Gasteiger partial charge on any atom is -0.380 e. The Kier molecular flexibility index (Phi) is 5.54. The number of nitrogens with zero attached hydrogens (tertiary/aromatic N) is 4. The second-order valence-corrected chi connectivity index (χ2v) is 6.58. The van der Waals surface area contributed by atoms with Gasteiger partial charge < -0.3 is 15.4 Å². The van der Waals surface area contributed by atoms with Crippen LogP contribution in [0.5, 0.6) is 0 Å². The van der Waals surface area contributed by atoms with Crippen molar-refractivity contribution in [2.75, 3.05) is 32.1 Å². The van der Waals surface area contributed by atoms with Crippen LogP contribution >= 0.6 is 0 Å². The van der Waals surface area contributed by atoms with E-state index in [1.54, 1.807) is 18.8 Å². The summed E-state index contributed by atoms with van der Waals surface area (Å²) >= 11 is 0. The van der Waals surface area contributed by atoms with E-state index in [1.165, 1.54) is 5.56 Å². The average molecular weight is 353 g/mol. The van der Waals surface area contributed by atoms with Gasteiger partial charge in [-0.25, -0.2) is 4.68 Å². The summed E-state index contributed by atoms with van der Waals surface area (Å²) in [7, 11) is 3.57. The van der Waals surface area contributed by atoms with Gasteiger partial charge in [0, 0.05) is 46.1 Å². The number of hydrogen-bond acceptors (Lipinski definition) is 5. The van der Waals surface area contributed by atoms with Crippen molar-refractivity contribution in [3.05, 3.63) is 52.8 Å². The van der Waals surface area contributed by atoms with Gasteiger partial charge in [0.25, 0.3) is 0 Å². The molecule has 1 aromatic heterocycles. The quantitative estimate of drug-likeness (QED) is 0.811. The van der Waals surface area contributed by atoms with Crippen molar-refractivity contribution in [3.8, 4) is 0 Å². The maximum atomic E-state index is 5.79. The molecule has 6 heteroatoms. The molecule has 3 rings (SSSR count). The molecule has 1 fully saturated rings. The summed E-state index contributed by atoms with van der Waals surface area (Å²) in [5.74, 6) is 0. The lowest BCUT2D eigenvalue weighted by molar-refractivity contribution is 0.121. The molecule has 1 saturated heterocycles. The Morgan fingerprint density at radius 2 is 2.19 bits per heavy atom. The summed E-state index contributed by atoms with van der Waals surface area (Å²) in [6, 6.07) is 8.38. The molecule has 0 bridgehead atoms. The summed E-state index contributed by atoms with van der Waals surface area (Å²) in [6.07, 6.45) is 3.32. The van der Waals surface area contributed by atoms with E-state index in [4.69, 9.17) is 10.5 Å². The van der Waals surface area contributed by atoms with E-state index in [1.807, 2.05) is 6.20 Å². The molecule has 1 aliphatic heterocycles. The van der Waals surface area contributed by atoms with Crippen LogP contribution in [0.1, 0.15) is 28.8 Å². The summed E-state index contributed by atoms with van der Waals surface area (Å²) < 4.78 is 7.28. The zero-order valence-corrected chi connectivity index (χ0v) is 15.8. The fraction of sp³-hybridized carbons (Fsp3) is 0.400. The largest absolute Gasteiger partial charge is 0.380 e. The summed E-state index contributed by atoms with van der Waals surface area (Å²) in [5, 5.41) is 4.16. The van der Waals surface area contributed by atoms with Crippen LogP contribution in [0.25, 0.3) is 0 Å². The molecule has 1 atom stereocenters. The monoisotopic (exact) mass is 353 g/mol. The fourth-order valence-corrected chi connectivity index (χ4v) is 3.52. The van der Waals surface area contributed by atoms with E-state index in [9.17, 15) is 0 Å². The molecule has 0 aliphatic carbocycles. The minimum absolute atomic E-state index is 0.282. The zero-order valence-electron chi connectivity index (χ0n) is 15.8. The van der Waals surface area contributed by atoms with Crippen LogP contribution in [0.2, 0.25) is 0 Å². The van der Waals surface area contributed by atoms with Gasteiger partial charge in [-0.05, 0) is 36.6 Å². The van der Waals surface area contributed by atoms with Crippen LogP contribution in [0.15, 0.2) is 40.6 Å². The molecule has 1 aliphatic rings. The number of rotatable bonds is 6. The Hall–Kier alpha value is -2.44. The third-order valence-electron chi connectivity index (χ3n) is 5.08. The van der Waals surface area contributed by atoms with E-state index in [0.29, 0.717) is 6.54 Å². The number of aliphatic imine (C=N–C) groups is 1. The van der Waals surface area contributed by atoms with E-state index in [0.717, 1.165) is 47.7 Å². The van der Waals surface area contributed by atoms with Gasteiger partial charge in [0.2, 0.25) is 0 Å². The van der Waals surface area contributed by atoms with Gasteiger partial charge in [-0.15, -0.1) is 0 Å². The molecule has 26 heavy (non-hydrogen) atoms. The first-order valence-corrected chi connectivity index (χ1v) is 8.85. The maximum Gasteiger partial charge on any atom is 0.0925 e. The molecular weight excluding hydrogens is 326 g/mol. The molecular formula is C20H27N5O. The van der Waals surface area contributed by atoms with E-state index >= 15 is 0 Å². The number of ether oxygens (including phenoxy) is 1. The van der Waals surface area contributed by atoms with Gasteiger partial charge in [0.1, 0.15) is 0 Å². The normalized spacial score (nSPS) is 17.8. The number of nitrogens with two attached hydrogens (primary N) is 1. The minimum atomic E-state index is 0.282. The van der Waals surface area contributed by atoms with Crippen molar-refractivity contribution < 1.29 is 4.74 Å². The first-order valence-electron chi connectivity index (χ1n) is 8.85. The van der Waals surface area contributed by atoms with Crippen LogP contribution in [0.4, 0.5) is 5.69 Å². The Labute approximate surface area is 155 Å². The van der Waals surface area contributed by atoms with Crippen molar-refractivity contribution in [1.82, 2.24) is 4.68 Å². The summed E-state index contributed by atoms with van der Waals surface area (Å²) in [5.41, 5.74) is 12.1. The van der Waals surface area contributed by atoms with Gasteiger partial charge >= 0.3 is 0 Å². The Morgan fingerprint density at radius 3 is 2.77 bits per heavy atom. The first kappa shape index (κ1) is 18.4. The number of anilines is 1. The highest BCUT2D eigenvalue weighted by molar-refractivity contribution is 6.12. The summed E-state index contributed by atoms with van der Waals surface area (Å²) in [4.78, 5) is 6.85. The third-order valence-corrected chi connectivity index (χ3v) is 5.08. The fourth-order valence-electron chi connectivity index (χ4n) is 3.52. The number of hydrogen-bond donors (Lipinski definition) is 1. The standard InChI is InChI=1S/C20H27N5O/c1-14-9-15(5-6-16(14)11-21)20(22-2)19-10-17(12-25(19)23-3)24-8-7-18(13-24)26-4/h5-6,9-10,12,18H,3,7-8,11,13,21H2,1-2,4H3. The molecule has 2 heterocycles. The second kappa shape index (κ2) is 7.85. The SMILES string of the molecule is C=Nn1cc(N2CCC(OC)C2)cc1C(=NC)c1ccc(CN)c(C)c1. The Balaban J connectivity index is 1.96. The van der Waals surface area contributed by atoms with E-state index in [2.05, 4.69) is 52.9 Å². The van der Waals surface area contributed by atoms with Crippen LogP contribution in [0, 0.1) is 6.92 Å². The van der Waals surface area contributed by atoms with Crippen molar-refractivity contribution in [1.29, 1.82) is 0 Å².